The highest BCUT2D eigenvalue weighted by molar-refractivity contribution is 6.38. The van der Waals surface area contributed by atoms with Gasteiger partial charge in [0.2, 0.25) is 17.7 Å². The molecular formula is C73H110N10O16. The Morgan fingerprint density at radius 1 is 0.788 bits per heavy atom. The largest absolute Gasteiger partial charge is 0.443 e. The average Bonchev–Trinajstić information content (AvgIpc) is 0.781. The number of carbonyl (C=O) groups is 6. The van der Waals surface area contributed by atoms with Gasteiger partial charge in [-0.15, -0.1) is 0 Å². The Morgan fingerprint density at radius 2 is 1.51 bits per heavy atom. The normalized spacial score (nSPS) is 32.2. The number of nitrogens with two attached hydrogens (primary N) is 1. The molecule has 4 fully saturated rings. The van der Waals surface area contributed by atoms with Gasteiger partial charge in [-0.2, -0.15) is 0 Å². The van der Waals surface area contributed by atoms with Crippen LogP contribution in [0.4, 0.5) is 16.7 Å². The summed E-state index contributed by atoms with van der Waals surface area (Å²) in [6.45, 7) is 18.3. The van der Waals surface area contributed by atoms with Crippen LogP contribution in [-0.2, 0) is 65.3 Å². The van der Waals surface area contributed by atoms with Gasteiger partial charge in [0, 0.05) is 134 Å². The van der Waals surface area contributed by atoms with Crippen LogP contribution in [0.1, 0.15) is 154 Å². The molecule has 6 aliphatic rings. The van der Waals surface area contributed by atoms with Gasteiger partial charge in [-0.1, -0.05) is 71.1 Å². The lowest BCUT2D eigenvalue weighted by Crippen LogP contribution is -2.60. The second-order valence-electron chi connectivity index (χ2n) is 28.0. The topological polar surface area (TPSA) is 330 Å². The number of nitrogens with one attached hydrogen (secondary N) is 1. The minimum atomic E-state index is -2.39. The molecule has 1 aliphatic carbocycles. The summed E-state index contributed by atoms with van der Waals surface area (Å²) in [5.41, 5.74) is 10.3. The van der Waals surface area contributed by atoms with E-state index in [-0.39, 0.29) is 55.2 Å². The number of ether oxygens (including phenoxy) is 7. The fraction of sp³-hybridized carbons (Fsp3) is 0.699. The Kier molecular flexibility index (Phi) is 30.0. The van der Waals surface area contributed by atoms with Crippen molar-refractivity contribution in [3.8, 4) is 0 Å². The molecule has 6 N–H and O–H groups in total. The molecule has 7 heterocycles. The lowest BCUT2D eigenvalue weighted by Gasteiger charge is -2.43. The number of piperazine rings is 1. The Morgan fingerprint density at radius 3 is 2.22 bits per heavy atom. The van der Waals surface area contributed by atoms with Crippen molar-refractivity contribution in [2.75, 3.05) is 103 Å². The fourth-order valence-electron chi connectivity index (χ4n) is 14.2. The van der Waals surface area contributed by atoms with Gasteiger partial charge in [0.15, 0.2) is 5.78 Å². The Balaban J connectivity index is 0.880. The van der Waals surface area contributed by atoms with Crippen molar-refractivity contribution in [2.45, 2.75) is 206 Å². The van der Waals surface area contributed by atoms with E-state index in [1.807, 2.05) is 51.2 Å². The van der Waals surface area contributed by atoms with Crippen molar-refractivity contribution in [2.24, 2.45) is 35.3 Å². The lowest BCUT2D eigenvalue weighted by molar-refractivity contribution is -0.265. The van der Waals surface area contributed by atoms with Gasteiger partial charge in [0.25, 0.3) is 17.6 Å². The Hall–Kier alpha value is -6.46. The molecule has 8 rings (SSSR count). The molecule has 3 amide bonds. The van der Waals surface area contributed by atoms with Gasteiger partial charge in [0.1, 0.15) is 24.1 Å². The predicted molar refractivity (Wildman–Crippen MR) is 370 cm³/mol. The summed E-state index contributed by atoms with van der Waals surface area (Å²) in [6, 6.07) is -1.33. The summed E-state index contributed by atoms with van der Waals surface area (Å²) < 4.78 is 42.0. The number of Topliss-reactive ketones (excluding diaryl/α,β-unsaturated/α-hetero) is 3. The second kappa shape index (κ2) is 38.0. The second-order valence-corrected chi connectivity index (χ2v) is 28.0. The lowest BCUT2D eigenvalue weighted by atomic mass is 9.80. The number of piperidine rings is 1. The Bertz CT molecular complexity index is 3130. The van der Waals surface area contributed by atoms with Crippen LogP contribution in [0.25, 0.3) is 0 Å². The van der Waals surface area contributed by atoms with E-state index in [0.717, 1.165) is 29.7 Å². The molecule has 548 valence electrons. The van der Waals surface area contributed by atoms with E-state index in [1.54, 1.807) is 59.1 Å². The molecule has 2 aromatic rings. The highest BCUT2D eigenvalue weighted by atomic mass is 16.6. The minimum absolute atomic E-state index is 0.0413. The van der Waals surface area contributed by atoms with Crippen LogP contribution in [0.2, 0.25) is 0 Å². The molecule has 3 saturated heterocycles. The molecule has 0 spiro atoms. The summed E-state index contributed by atoms with van der Waals surface area (Å²) in [6.07, 6.45) is 15.9. The molecule has 2 aromatic heterocycles. The number of fused-ring (bicyclic) bond motifs is 4. The van der Waals surface area contributed by atoms with Crippen molar-refractivity contribution >= 4 is 47.2 Å². The number of hydrogen-bond acceptors (Lipinski definition) is 23. The highest BCUT2D eigenvalue weighted by Crippen LogP contribution is 2.38. The van der Waals surface area contributed by atoms with Gasteiger partial charge < -0.3 is 79.1 Å². The van der Waals surface area contributed by atoms with Crippen molar-refractivity contribution in [3.63, 3.8) is 0 Å². The zero-order valence-electron chi connectivity index (χ0n) is 59.7. The van der Waals surface area contributed by atoms with Gasteiger partial charge in [-0.05, 0) is 107 Å². The molecule has 1 unspecified atom stereocenters. The molecule has 0 aromatic carbocycles. The number of allylic oxidation sites excluding steroid dienone is 6. The van der Waals surface area contributed by atoms with E-state index >= 15 is 0 Å². The summed E-state index contributed by atoms with van der Waals surface area (Å²) in [7, 11) is 3.17. The summed E-state index contributed by atoms with van der Waals surface area (Å²) in [4.78, 5) is 110. The molecule has 99 heavy (non-hydrogen) atoms. The first-order chi connectivity index (χ1) is 47.5. The third kappa shape index (κ3) is 21.6. The zero-order valence-corrected chi connectivity index (χ0v) is 59.7. The first kappa shape index (κ1) is 78.3. The maximum atomic E-state index is 14.5. The number of amides is 3. The average molecular weight is 1380 g/mol. The number of carbonyl (C=O) groups excluding carboxylic acids is 6. The van der Waals surface area contributed by atoms with E-state index in [0.29, 0.717) is 154 Å². The summed E-state index contributed by atoms with van der Waals surface area (Å²) >= 11 is 0. The van der Waals surface area contributed by atoms with Crippen molar-refractivity contribution in [1.82, 2.24) is 35.1 Å². The molecule has 26 heteroatoms. The molecule has 26 nitrogen and oxygen atoms in total. The van der Waals surface area contributed by atoms with Crippen LogP contribution < -0.4 is 20.9 Å². The number of anilines is 2. The number of aromatic nitrogens is 4. The third-order valence-corrected chi connectivity index (χ3v) is 20.5. The smallest absolute Gasteiger partial charge is 0.410 e. The van der Waals surface area contributed by atoms with Crippen LogP contribution >= 0.6 is 0 Å². The monoisotopic (exact) mass is 1380 g/mol. The zero-order chi connectivity index (χ0) is 71.3. The summed E-state index contributed by atoms with van der Waals surface area (Å²) in [5.74, 6) is -6.42. The van der Waals surface area contributed by atoms with Crippen molar-refractivity contribution < 1.29 is 77.2 Å². The number of hydrogen-bond donors (Lipinski definition) is 5. The van der Waals surface area contributed by atoms with E-state index in [9.17, 15) is 44.1 Å². The van der Waals surface area contributed by atoms with E-state index in [2.05, 4.69) is 25.1 Å². The van der Waals surface area contributed by atoms with Crippen molar-refractivity contribution in [3.05, 3.63) is 83.0 Å². The number of methoxy groups -OCH3 is 2. The maximum Gasteiger partial charge on any atom is 0.410 e. The number of rotatable bonds is 17. The minimum Gasteiger partial charge on any atom is -0.443 e. The summed E-state index contributed by atoms with van der Waals surface area (Å²) in [5, 5.41) is 37.5. The van der Waals surface area contributed by atoms with Crippen LogP contribution in [0.15, 0.2) is 66.2 Å². The fourth-order valence-corrected chi connectivity index (χ4v) is 14.2. The predicted octanol–water partition coefficient (Wildman–Crippen LogP) is 5.97. The van der Waals surface area contributed by atoms with Gasteiger partial charge >= 0.3 is 6.09 Å². The quantitative estimate of drug-likeness (QED) is 0.0691. The SMILES string of the molecule is CCCOCCOCCNC(=O)c1cnc(N2CCN(c3ncc4c(n3)CCN(C(=O)O[C@@H]3CC[C@@H](C[C@@H](N)C5CC(=O)[C@H](C)/C=C(\C)[C@@H](O)[C@@H](O)C(=O)[C@H](C)C[C@H](C)/C=C/C=C/C=C(\C)[C@@H](OC)C[C@@H]6CC[C@@H](C)[C@@](O)(O6)C(=O)C(=O)N6CCCC[C@H]6CO5)C[C@H]3OC)C4)CC2)nc1. The first-order valence-electron chi connectivity index (χ1n) is 35.9. The number of aliphatic hydroxyl groups is 3. The highest BCUT2D eigenvalue weighted by Gasteiger charge is 2.52. The molecule has 1 saturated carbocycles. The molecule has 2 bridgehead atoms. The molecule has 0 radical (unpaired) electrons. The van der Waals surface area contributed by atoms with Crippen LogP contribution in [0, 0.1) is 29.6 Å². The van der Waals surface area contributed by atoms with Crippen LogP contribution in [-0.4, -0.2) is 234 Å². The molecule has 15 atom stereocenters. The number of ketones is 3. The number of nitrogens with zero attached hydrogens (tertiary/aromatic N) is 8. The van der Waals surface area contributed by atoms with Crippen molar-refractivity contribution in [1.29, 1.82) is 0 Å². The standard InChI is InChI=1S/C73H110N10O16/c1-10-31-95-33-34-96-32-24-75-68(89)53-41-76-70(77-42-53)80-27-29-81(30-28-80)71-78-43-54-44-82(26-23-58(54)79-71)72(91)98-60-22-20-52(38-63(60)94-9)37-57(74)62-40-59(84)48(4)36-50(6)65(86)66(87)64(85)49(5)35-46(2)16-12-11-13-17-47(3)61(93-8)39-56-21-19-51(7)73(92,99-56)67(88)69(90)83-25-15-14-18-55(83)45-97-62/h11-13,16-17,36,41-43,46,48-49,51-52,55-57,60-63,65-66,86-87,92H,10,14-15,18-35,37-40,44-45,74H2,1-9H3,(H,75,89)/b13-11+,16-12+,47-17+,50-36+/t46-,48-,49-,51-,52+,55+,56+,57-,60-,61+,62?,63-,65-,66+,73-/m1/s1. The maximum absolute atomic E-state index is 14.5. The van der Waals surface area contributed by atoms with Gasteiger partial charge in [0.05, 0.1) is 74.7 Å². The third-order valence-electron chi connectivity index (χ3n) is 20.5. The Labute approximate surface area is 583 Å². The molecular weight excluding hydrogens is 1270 g/mol. The van der Waals surface area contributed by atoms with Crippen LogP contribution in [0.5, 0.6) is 0 Å². The van der Waals surface area contributed by atoms with Gasteiger partial charge in [-0.3, -0.25) is 24.0 Å². The number of aliphatic hydroxyl groups excluding tert-OH is 2. The van der Waals surface area contributed by atoms with Crippen LogP contribution in [0.3, 0.4) is 0 Å². The van der Waals surface area contributed by atoms with E-state index in [1.165, 1.54) is 17.3 Å². The molecule has 5 aliphatic heterocycles. The van der Waals surface area contributed by atoms with Gasteiger partial charge in [-0.25, -0.2) is 24.7 Å². The van der Waals surface area contributed by atoms with E-state index in [4.69, 9.17) is 48.9 Å². The first-order valence-corrected chi connectivity index (χ1v) is 35.9. The van der Waals surface area contributed by atoms with E-state index < -0.39 is 102 Å².